The number of likely N-dealkylation sites (N-methyl/N-ethyl adjacent to an activating group) is 1. The Morgan fingerprint density at radius 2 is 0.945 bits per heavy atom. The molecule has 15 heteroatoms. The summed E-state index contributed by atoms with van der Waals surface area (Å²) in [5, 5.41) is 0. The average Bonchev–Trinajstić information content (AvgIpc) is 3.73. The summed E-state index contributed by atoms with van der Waals surface area (Å²) in [6.07, 6.45) is 58.7. The van der Waals surface area contributed by atoms with Crippen LogP contribution in [-0.2, 0) is 36.7 Å². The molecule has 73 heavy (non-hydrogen) atoms. The van der Waals surface area contributed by atoms with Crippen LogP contribution >= 0.6 is 15.6 Å². The van der Waals surface area contributed by atoms with Crippen molar-refractivity contribution in [1.82, 2.24) is 4.90 Å². The van der Waals surface area contributed by atoms with Gasteiger partial charge in [-0.25, -0.2) is 9.13 Å². The quantitative estimate of drug-likeness (QED) is 0.0257. The summed E-state index contributed by atoms with van der Waals surface area (Å²) in [4.78, 5) is 22.4. The molecule has 3 unspecified atom stereocenters. The number of unbranched alkanes of at least 4 members (excludes halogenated alkanes) is 18. The first-order chi connectivity index (χ1) is 35.4. The van der Waals surface area contributed by atoms with Gasteiger partial charge in [0.25, 0.3) is 0 Å². The third-order valence-electron chi connectivity index (χ3n) is 15.6. The monoisotopic (exact) mass is 1070 g/mol. The molecule has 6 N–H and O–H groups in total. The maximum atomic E-state index is 12.4. The molecule has 0 radical (unpaired) electrons. The van der Waals surface area contributed by atoms with Gasteiger partial charge in [0, 0.05) is 38.5 Å². The minimum atomic E-state index is -4.21. The minimum absolute atomic E-state index is 0.00910. The zero-order chi connectivity index (χ0) is 52.8. The highest BCUT2D eigenvalue weighted by molar-refractivity contribution is 7.47. The number of phosphoric ester groups is 2. The van der Waals surface area contributed by atoms with Crippen LogP contribution in [0.25, 0.3) is 0 Å². The van der Waals surface area contributed by atoms with Crippen molar-refractivity contribution in [3.8, 4) is 0 Å². The first kappa shape index (κ1) is 66.3. The van der Waals surface area contributed by atoms with E-state index in [0.717, 1.165) is 57.8 Å². The molecule has 6 atom stereocenters. The number of phosphoric acid groups is 2. The maximum Gasteiger partial charge on any atom is 0.472 e. The van der Waals surface area contributed by atoms with Gasteiger partial charge in [0.1, 0.15) is 0 Å². The van der Waals surface area contributed by atoms with E-state index in [9.17, 15) is 18.9 Å². The Bertz CT molecular complexity index is 1540. The summed E-state index contributed by atoms with van der Waals surface area (Å²) < 4.78 is 59.3. The van der Waals surface area contributed by atoms with Crippen molar-refractivity contribution >= 4 is 15.6 Å². The Labute approximate surface area is 446 Å². The first-order valence-corrected chi connectivity index (χ1v) is 32.7. The maximum absolute atomic E-state index is 12.4. The molecule has 0 amide bonds. The van der Waals surface area contributed by atoms with Gasteiger partial charge in [-0.15, -0.1) is 0 Å². The zero-order valence-electron chi connectivity index (χ0n) is 46.6. The van der Waals surface area contributed by atoms with Crippen LogP contribution in [-0.4, -0.2) is 91.8 Å². The van der Waals surface area contributed by atoms with E-state index in [2.05, 4.69) is 67.4 Å². The van der Waals surface area contributed by atoms with Crippen molar-refractivity contribution in [2.24, 2.45) is 22.8 Å². The van der Waals surface area contributed by atoms with Gasteiger partial charge in [0.15, 0.2) is 5.79 Å². The van der Waals surface area contributed by atoms with Gasteiger partial charge in [0.05, 0.1) is 38.6 Å². The summed E-state index contributed by atoms with van der Waals surface area (Å²) in [6.45, 7) is 5.13. The number of nitrogens with zero attached hydrogens (tertiary/aromatic N) is 1. The third-order valence-corrected chi connectivity index (χ3v) is 17.6. The van der Waals surface area contributed by atoms with Crippen LogP contribution in [0.1, 0.15) is 232 Å². The highest BCUT2D eigenvalue weighted by Crippen LogP contribution is 2.54. The molecule has 1 heterocycles. The van der Waals surface area contributed by atoms with Crippen molar-refractivity contribution in [2.75, 3.05) is 53.1 Å². The number of ether oxygens (including phenoxy) is 2. The Kier molecular flexibility index (Phi) is 36.5. The molecule has 426 valence electrons. The molecule has 1 saturated heterocycles. The van der Waals surface area contributed by atoms with E-state index in [-0.39, 0.29) is 63.7 Å². The predicted octanol–water partition coefficient (Wildman–Crippen LogP) is 15.1. The number of allylic oxidation sites excluding steroid dienone is 8. The van der Waals surface area contributed by atoms with Crippen LogP contribution in [0.4, 0.5) is 0 Å². The number of nitrogens with two attached hydrogens (primary N) is 2. The number of fused-ring (bicyclic) bond motifs is 1. The van der Waals surface area contributed by atoms with Gasteiger partial charge >= 0.3 is 15.6 Å². The van der Waals surface area contributed by atoms with E-state index >= 15 is 0 Å². The molecular formula is C58H109N3O10P2. The van der Waals surface area contributed by atoms with E-state index in [4.69, 9.17) is 39.0 Å². The number of hydrogen-bond acceptors (Lipinski definition) is 11. The van der Waals surface area contributed by atoms with Gasteiger partial charge in [0.2, 0.25) is 0 Å². The SMILES string of the molecule is CCCCC/C=C\C/C=C\CCCCCCCCC1(CCCCCCCC/C=C\C/C=C\CCCCC)CCC2(CC1)O[C@H]1CC(N(C)CCOP(=O)(O)OCCN)[C@@H](CCCOP(=O)(O)OCCN)C[C@@H]1O2. The minimum Gasteiger partial charge on any atom is -0.344 e. The molecule has 2 aliphatic carbocycles. The van der Waals surface area contributed by atoms with Crippen LogP contribution < -0.4 is 11.5 Å². The summed E-state index contributed by atoms with van der Waals surface area (Å²) in [6, 6.07) is 0.0660. The fraction of sp³-hybridized carbons (Fsp3) is 0.862. The van der Waals surface area contributed by atoms with E-state index in [1.165, 1.54) is 154 Å². The highest BCUT2D eigenvalue weighted by Gasteiger charge is 2.55. The topological polar surface area (TPSA) is 185 Å². The van der Waals surface area contributed by atoms with Crippen molar-refractivity contribution in [3.05, 3.63) is 48.6 Å². The van der Waals surface area contributed by atoms with E-state index < -0.39 is 21.4 Å². The molecule has 2 saturated carbocycles. The van der Waals surface area contributed by atoms with Crippen molar-refractivity contribution in [2.45, 2.75) is 256 Å². The molecule has 0 bridgehead atoms. The van der Waals surface area contributed by atoms with Crippen molar-refractivity contribution in [1.29, 1.82) is 0 Å². The van der Waals surface area contributed by atoms with Crippen LogP contribution in [0.3, 0.4) is 0 Å². The second-order valence-corrected chi connectivity index (χ2v) is 24.6. The fourth-order valence-corrected chi connectivity index (χ4v) is 12.8. The van der Waals surface area contributed by atoms with Crippen molar-refractivity contribution < 1.29 is 46.5 Å². The van der Waals surface area contributed by atoms with Crippen molar-refractivity contribution in [3.63, 3.8) is 0 Å². The normalized spacial score (nSPS) is 22.7. The lowest BCUT2D eigenvalue weighted by atomic mass is 9.66. The van der Waals surface area contributed by atoms with Crippen LogP contribution in [0.2, 0.25) is 0 Å². The lowest BCUT2D eigenvalue weighted by molar-refractivity contribution is -0.208. The van der Waals surface area contributed by atoms with Crippen LogP contribution in [0, 0.1) is 11.3 Å². The average molecular weight is 1070 g/mol. The lowest BCUT2D eigenvalue weighted by Gasteiger charge is -2.44. The molecule has 13 nitrogen and oxygen atoms in total. The molecular weight excluding hydrogens is 961 g/mol. The van der Waals surface area contributed by atoms with Gasteiger partial charge in [-0.3, -0.25) is 18.1 Å². The Morgan fingerprint density at radius 3 is 1.41 bits per heavy atom. The molecule has 0 aromatic rings. The summed E-state index contributed by atoms with van der Waals surface area (Å²) in [5.74, 6) is -0.406. The lowest BCUT2D eigenvalue weighted by Crippen LogP contribution is -2.49. The third kappa shape index (κ3) is 30.1. The molecule has 3 aliphatic rings. The number of rotatable bonds is 46. The zero-order valence-corrected chi connectivity index (χ0v) is 48.4. The van der Waals surface area contributed by atoms with Crippen LogP contribution in [0.5, 0.6) is 0 Å². The fourth-order valence-electron chi connectivity index (χ4n) is 11.3. The molecule has 3 fully saturated rings. The van der Waals surface area contributed by atoms with E-state index in [0.29, 0.717) is 18.4 Å². The van der Waals surface area contributed by atoms with Gasteiger partial charge < -0.3 is 35.6 Å². The molecule has 1 spiro atoms. The largest absolute Gasteiger partial charge is 0.472 e. The standard InChI is InChI=1S/C58H109N3O10P2/c1-4-6-8-10-12-14-16-18-20-22-24-26-28-30-32-34-38-57(39-35-33-31-29-27-25-23-21-19-17-15-13-11-9-7-5-2)40-42-58(43-41-57)70-55-51-53(37-36-47-66-72(62,63)67-48-44-59)54(52-56(55)71-58)61(3)46-50-69-73(64,65)68-49-45-60/h12-15,18-21,53-56H,4-11,16-17,22-52,59-60H2,1-3H3,(H,62,63)(H,64,65)/b14-12-,15-13-,20-18-,21-19-/t53-,54?,55-,56-/m0/s1. The second-order valence-electron chi connectivity index (χ2n) is 21.7. The molecule has 3 rings (SSSR count). The molecule has 0 aromatic heterocycles. The Hall–Kier alpha value is -1.02. The Morgan fingerprint density at radius 1 is 0.534 bits per heavy atom. The molecule has 0 aromatic carbocycles. The van der Waals surface area contributed by atoms with Gasteiger partial charge in [-0.05, 0) is 134 Å². The van der Waals surface area contributed by atoms with Gasteiger partial charge in [-0.2, -0.15) is 0 Å². The summed E-state index contributed by atoms with van der Waals surface area (Å²) in [7, 11) is -6.38. The summed E-state index contributed by atoms with van der Waals surface area (Å²) in [5.41, 5.74) is 11.3. The van der Waals surface area contributed by atoms with Gasteiger partial charge in [-0.1, -0.05) is 152 Å². The highest BCUT2D eigenvalue weighted by atomic mass is 31.2. The van der Waals surface area contributed by atoms with E-state index in [1.54, 1.807) is 0 Å². The molecule has 1 aliphatic heterocycles. The van der Waals surface area contributed by atoms with Crippen LogP contribution in [0.15, 0.2) is 48.6 Å². The second kappa shape index (κ2) is 40.2. The smallest absolute Gasteiger partial charge is 0.344 e. The number of hydrogen-bond donors (Lipinski definition) is 4. The summed E-state index contributed by atoms with van der Waals surface area (Å²) >= 11 is 0. The van der Waals surface area contributed by atoms with E-state index in [1.807, 2.05) is 7.05 Å². The Balaban J connectivity index is 1.54. The first-order valence-electron chi connectivity index (χ1n) is 29.7. The predicted molar refractivity (Wildman–Crippen MR) is 301 cm³/mol.